The van der Waals surface area contributed by atoms with E-state index < -0.39 is 0 Å². The highest BCUT2D eigenvalue weighted by atomic mass is 16.5. The summed E-state index contributed by atoms with van der Waals surface area (Å²) in [6.45, 7) is 5.70. The minimum absolute atomic E-state index is 0.160. The molecule has 3 aromatic rings. The van der Waals surface area contributed by atoms with Crippen LogP contribution in [0, 0.1) is 11.3 Å². The molecule has 1 aliphatic rings. The number of ether oxygens (including phenoxy) is 1. The van der Waals surface area contributed by atoms with Gasteiger partial charge in [-0.25, -0.2) is 4.98 Å². The van der Waals surface area contributed by atoms with E-state index in [1.54, 1.807) is 6.08 Å². The quantitative estimate of drug-likeness (QED) is 0.662. The molecule has 6 heteroatoms. The molecule has 0 radical (unpaired) electrons. The second-order valence-electron chi connectivity index (χ2n) is 6.99. The van der Waals surface area contributed by atoms with Gasteiger partial charge in [-0.1, -0.05) is 12.1 Å². The molecule has 2 atom stereocenters. The van der Waals surface area contributed by atoms with Crippen LogP contribution in [0.1, 0.15) is 25.4 Å². The van der Waals surface area contributed by atoms with Crippen molar-refractivity contribution in [1.29, 1.82) is 5.26 Å². The fourth-order valence-electron chi connectivity index (χ4n) is 3.62. The normalized spacial score (nSPS) is 20.8. The highest BCUT2D eigenvalue weighted by Gasteiger charge is 2.24. The monoisotopic (exact) mass is 362 g/mol. The van der Waals surface area contributed by atoms with Crippen molar-refractivity contribution >= 4 is 28.6 Å². The molecular weight excluding hydrogens is 340 g/mol. The number of para-hydroxylation sites is 2. The molecule has 1 saturated heterocycles. The predicted octanol–water partition coefficient (Wildman–Crippen LogP) is 3.84. The van der Waals surface area contributed by atoms with Gasteiger partial charge >= 0.3 is 0 Å². The van der Waals surface area contributed by atoms with E-state index in [0.717, 1.165) is 30.0 Å². The van der Waals surface area contributed by atoms with Crippen molar-refractivity contribution in [3.63, 3.8) is 0 Å². The smallest absolute Gasteiger partial charge is 0.196 e. The molecular formula is C21H22N4O2. The number of allylic oxidation sites excluding steroid dienone is 1. The van der Waals surface area contributed by atoms with Crippen LogP contribution in [-0.4, -0.2) is 34.8 Å². The first-order valence-corrected chi connectivity index (χ1v) is 9.09. The summed E-state index contributed by atoms with van der Waals surface area (Å²) in [7, 11) is 1.92. The molecule has 0 amide bonds. The zero-order chi connectivity index (χ0) is 19.0. The first-order valence-electron chi connectivity index (χ1n) is 9.09. The third-order valence-electron chi connectivity index (χ3n) is 4.78. The van der Waals surface area contributed by atoms with E-state index in [9.17, 15) is 5.26 Å². The van der Waals surface area contributed by atoms with E-state index in [4.69, 9.17) is 9.15 Å². The Morgan fingerprint density at radius 3 is 2.63 bits per heavy atom. The van der Waals surface area contributed by atoms with E-state index in [-0.39, 0.29) is 12.2 Å². The Bertz CT molecular complexity index is 1030. The molecule has 0 bridgehead atoms. The zero-order valence-electron chi connectivity index (χ0n) is 15.7. The minimum Gasteiger partial charge on any atom is -0.441 e. The largest absolute Gasteiger partial charge is 0.441 e. The number of fused-ring (bicyclic) bond motifs is 1. The first kappa shape index (κ1) is 17.4. The Balaban J connectivity index is 1.65. The molecule has 0 unspecified atom stereocenters. The Morgan fingerprint density at radius 1 is 1.19 bits per heavy atom. The maximum absolute atomic E-state index is 9.68. The summed E-state index contributed by atoms with van der Waals surface area (Å²) in [5, 5.41) is 9.68. The van der Waals surface area contributed by atoms with E-state index in [2.05, 4.69) is 29.8 Å². The SMILES string of the molecule is C[C@H]1CN(c2ccc(/C=C(\C#N)c3nc4ccccc4n3C)o2)C[C@H](C)O1. The summed E-state index contributed by atoms with van der Waals surface area (Å²) in [6.07, 6.45) is 2.07. The van der Waals surface area contributed by atoms with Gasteiger partial charge in [0.25, 0.3) is 0 Å². The van der Waals surface area contributed by atoms with E-state index in [0.29, 0.717) is 17.2 Å². The van der Waals surface area contributed by atoms with Crippen LogP contribution in [0.4, 0.5) is 5.88 Å². The van der Waals surface area contributed by atoms with Crippen LogP contribution in [0.25, 0.3) is 22.7 Å². The van der Waals surface area contributed by atoms with Crippen molar-refractivity contribution in [2.24, 2.45) is 7.05 Å². The topological polar surface area (TPSA) is 67.2 Å². The second kappa shape index (κ2) is 6.93. The predicted molar refractivity (Wildman–Crippen MR) is 105 cm³/mol. The number of nitrogens with zero attached hydrogens (tertiary/aromatic N) is 4. The van der Waals surface area contributed by atoms with Crippen LogP contribution in [-0.2, 0) is 11.8 Å². The fourth-order valence-corrected chi connectivity index (χ4v) is 3.62. The van der Waals surface area contributed by atoms with Gasteiger partial charge < -0.3 is 18.6 Å². The lowest BCUT2D eigenvalue weighted by atomic mass is 10.2. The van der Waals surface area contributed by atoms with E-state index >= 15 is 0 Å². The Kier molecular flexibility index (Phi) is 4.46. The number of hydrogen-bond donors (Lipinski definition) is 0. The summed E-state index contributed by atoms with van der Waals surface area (Å²) in [4.78, 5) is 6.78. The highest BCUT2D eigenvalue weighted by molar-refractivity contribution is 5.90. The van der Waals surface area contributed by atoms with Crippen LogP contribution in [0.15, 0.2) is 40.8 Å². The van der Waals surface area contributed by atoms with E-state index in [1.807, 2.05) is 48.0 Å². The van der Waals surface area contributed by atoms with Gasteiger partial charge in [0.1, 0.15) is 11.8 Å². The van der Waals surface area contributed by atoms with Crippen LogP contribution in [0.2, 0.25) is 0 Å². The zero-order valence-corrected chi connectivity index (χ0v) is 15.7. The number of imidazole rings is 1. The number of morpholine rings is 1. The van der Waals surface area contributed by atoms with Gasteiger partial charge in [0.05, 0.1) is 28.8 Å². The molecule has 27 heavy (non-hydrogen) atoms. The summed E-state index contributed by atoms with van der Waals surface area (Å²) in [6, 6.07) is 13.9. The first-order chi connectivity index (χ1) is 13.0. The molecule has 0 spiro atoms. The Hall–Kier alpha value is -3.04. The maximum atomic E-state index is 9.68. The van der Waals surface area contributed by atoms with Gasteiger partial charge in [0.2, 0.25) is 0 Å². The molecule has 3 heterocycles. The number of anilines is 1. The standard InChI is InChI=1S/C21H22N4O2/c1-14-12-25(13-15(2)26-14)20-9-8-17(27-20)10-16(11-22)21-23-18-6-4-5-7-19(18)24(21)3/h4-10,14-15H,12-13H2,1-3H3/b16-10+/t14-,15-/m0/s1. The number of nitriles is 1. The molecule has 0 saturated carbocycles. The van der Waals surface area contributed by atoms with Crippen LogP contribution in [0.3, 0.4) is 0 Å². The Labute approximate surface area is 158 Å². The summed E-state index contributed by atoms with van der Waals surface area (Å²) in [5.74, 6) is 2.07. The van der Waals surface area contributed by atoms with Crippen LogP contribution < -0.4 is 4.90 Å². The van der Waals surface area contributed by atoms with Crippen molar-refractivity contribution in [3.8, 4) is 6.07 Å². The summed E-state index contributed by atoms with van der Waals surface area (Å²) < 4.78 is 13.7. The number of aromatic nitrogens is 2. The lowest BCUT2D eigenvalue weighted by molar-refractivity contribution is -0.00641. The van der Waals surface area contributed by atoms with Crippen molar-refractivity contribution in [3.05, 3.63) is 48.0 Å². The van der Waals surface area contributed by atoms with E-state index in [1.165, 1.54) is 0 Å². The number of furan rings is 1. The van der Waals surface area contributed by atoms with Gasteiger partial charge in [-0.3, -0.25) is 0 Å². The van der Waals surface area contributed by atoms with Crippen molar-refractivity contribution < 1.29 is 9.15 Å². The third kappa shape index (κ3) is 3.34. The number of aryl methyl sites for hydroxylation is 1. The van der Waals surface area contributed by atoms with Gasteiger partial charge in [-0.2, -0.15) is 5.26 Å². The molecule has 1 aromatic carbocycles. The molecule has 138 valence electrons. The average molecular weight is 362 g/mol. The highest BCUT2D eigenvalue weighted by Crippen LogP contribution is 2.26. The van der Waals surface area contributed by atoms with Crippen molar-refractivity contribution in [2.75, 3.05) is 18.0 Å². The molecule has 0 N–H and O–H groups in total. The molecule has 1 aliphatic heterocycles. The molecule has 1 fully saturated rings. The minimum atomic E-state index is 0.160. The van der Waals surface area contributed by atoms with Crippen LogP contribution in [0.5, 0.6) is 0 Å². The second-order valence-corrected chi connectivity index (χ2v) is 6.99. The molecule has 0 aliphatic carbocycles. The number of rotatable bonds is 3. The van der Waals surface area contributed by atoms with Crippen LogP contribution >= 0.6 is 0 Å². The average Bonchev–Trinajstić information content (AvgIpc) is 3.24. The summed E-state index contributed by atoms with van der Waals surface area (Å²) >= 11 is 0. The lowest BCUT2D eigenvalue weighted by Crippen LogP contribution is -2.45. The van der Waals surface area contributed by atoms with Gasteiger partial charge in [-0.05, 0) is 32.0 Å². The third-order valence-corrected chi connectivity index (χ3v) is 4.78. The molecule has 6 nitrogen and oxygen atoms in total. The Morgan fingerprint density at radius 2 is 1.93 bits per heavy atom. The van der Waals surface area contributed by atoms with Gasteiger partial charge in [-0.15, -0.1) is 0 Å². The molecule has 4 rings (SSSR count). The fraction of sp³-hybridized carbons (Fsp3) is 0.333. The van der Waals surface area contributed by atoms with Gasteiger partial charge in [0, 0.05) is 32.3 Å². The number of benzene rings is 1. The van der Waals surface area contributed by atoms with Crippen molar-refractivity contribution in [1.82, 2.24) is 9.55 Å². The lowest BCUT2D eigenvalue weighted by Gasteiger charge is -2.35. The van der Waals surface area contributed by atoms with Gasteiger partial charge in [0.15, 0.2) is 11.7 Å². The summed E-state index contributed by atoms with van der Waals surface area (Å²) in [5.41, 5.74) is 2.33. The maximum Gasteiger partial charge on any atom is 0.196 e. The molecule has 2 aromatic heterocycles. The number of hydrogen-bond acceptors (Lipinski definition) is 5. The van der Waals surface area contributed by atoms with Crippen molar-refractivity contribution in [2.45, 2.75) is 26.1 Å².